The lowest BCUT2D eigenvalue weighted by Crippen LogP contribution is -2.07. The van der Waals surface area contributed by atoms with Crippen LogP contribution in [0.2, 0.25) is 0 Å². The number of hydrogen-bond donors (Lipinski definition) is 0. The Morgan fingerprint density at radius 3 is 2.67 bits per heavy atom. The third kappa shape index (κ3) is 1.20. The second-order valence-corrected chi connectivity index (χ2v) is 4.57. The highest BCUT2D eigenvalue weighted by atomic mass is 16.6. The van der Waals surface area contributed by atoms with Gasteiger partial charge in [0.2, 0.25) is 0 Å². The third-order valence-corrected chi connectivity index (χ3v) is 3.68. The molecule has 2 unspecified atom stereocenters. The Bertz CT molecular complexity index is 205. The van der Waals surface area contributed by atoms with Gasteiger partial charge in [0.05, 0.1) is 12.7 Å². The number of hydrogen-bond acceptors (Lipinski definition) is 1. The second-order valence-electron chi connectivity index (χ2n) is 4.57. The first-order valence-corrected chi connectivity index (χ1v) is 5.22. The van der Waals surface area contributed by atoms with Gasteiger partial charge in [0, 0.05) is 0 Å². The van der Waals surface area contributed by atoms with E-state index in [0.717, 1.165) is 24.4 Å². The standard InChI is InChI=1S/C11H16O/c1-2-9-5-8(1)6-10(9)3-4-11-7-12-11/h1-2,8-11H,3-7H2/t8-,9+,10?,11?/m0/s1. The number of fused-ring (bicyclic) bond motifs is 2. The Hall–Kier alpha value is -0.300. The van der Waals surface area contributed by atoms with Gasteiger partial charge >= 0.3 is 0 Å². The summed E-state index contributed by atoms with van der Waals surface area (Å²) in [4.78, 5) is 0. The second kappa shape index (κ2) is 2.59. The fraction of sp³-hybridized carbons (Fsp3) is 0.818. The fourth-order valence-corrected chi connectivity index (χ4v) is 2.86. The Balaban J connectivity index is 1.53. The molecule has 2 bridgehead atoms. The van der Waals surface area contributed by atoms with Gasteiger partial charge in [-0.15, -0.1) is 0 Å². The predicted molar refractivity (Wildman–Crippen MR) is 47.8 cm³/mol. The van der Waals surface area contributed by atoms with Gasteiger partial charge in [0.15, 0.2) is 0 Å². The molecule has 1 heterocycles. The Labute approximate surface area is 73.8 Å². The van der Waals surface area contributed by atoms with E-state index in [1.807, 2.05) is 0 Å². The lowest BCUT2D eigenvalue weighted by Gasteiger charge is -2.16. The van der Waals surface area contributed by atoms with Gasteiger partial charge in [-0.3, -0.25) is 0 Å². The molecule has 0 N–H and O–H groups in total. The van der Waals surface area contributed by atoms with Crippen LogP contribution in [0.5, 0.6) is 0 Å². The van der Waals surface area contributed by atoms with E-state index in [4.69, 9.17) is 4.74 Å². The summed E-state index contributed by atoms with van der Waals surface area (Å²) in [6.45, 7) is 1.04. The van der Waals surface area contributed by atoms with E-state index < -0.39 is 0 Å². The van der Waals surface area contributed by atoms with Crippen molar-refractivity contribution in [2.45, 2.75) is 31.8 Å². The largest absolute Gasteiger partial charge is 0.373 e. The van der Waals surface area contributed by atoms with Crippen molar-refractivity contribution in [3.63, 3.8) is 0 Å². The molecule has 66 valence electrons. The number of allylic oxidation sites excluding steroid dienone is 2. The molecule has 1 saturated carbocycles. The molecule has 1 saturated heterocycles. The van der Waals surface area contributed by atoms with Crippen LogP contribution < -0.4 is 0 Å². The van der Waals surface area contributed by atoms with Crippen LogP contribution in [0.4, 0.5) is 0 Å². The summed E-state index contributed by atoms with van der Waals surface area (Å²) in [6.07, 6.45) is 11.2. The molecule has 0 aromatic carbocycles. The van der Waals surface area contributed by atoms with Crippen LogP contribution in [-0.2, 0) is 4.74 Å². The molecule has 0 amide bonds. The van der Waals surface area contributed by atoms with E-state index in [2.05, 4.69) is 12.2 Å². The van der Waals surface area contributed by atoms with Gasteiger partial charge in [-0.25, -0.2) is 0 Å². The molecule has 2 fully saturated rings. The zero-order valence-corrected chi connectivity index (χ0v) is 7.41. The van der Waals surface area contributed by atoms with Crippen LogP contribution >= 0.6 is 0 Å². The summed E-state index contributed by atoms with van der Waals surface area (Å²) in [7, 11) is 0. The minimum atomic E-state index is 0.646. The normalized spacial score (nSPS) is 48.7. The number of epoxide rings is 1. The van der Waals surface area contributed by atoms with Crippen LogP contribution in [-0.4, -0.2) is 12.7 Å². The molecule has 1 aliphatic heterocycles. The van der Waals surface area contributed by atoms with E-state index in [9.17, 15) is 0 Å². The monoisotopic (exact) mass is 164 g/mol. The van der Waals surface area contributed by atoms with Crippen LogP contribution in [0.3, 0.4) is 0 Å². The van der Waals surface area contributed by atoms with Crippen LogP contribution in [0.1, 0.15) is 25.7 Å². The summed E-state index contributed by atoms with van der Waals surface area (Å²) in [5.74, 6) is 2.89. The summed E-state index contributed by atoms with van der Waals surface area (Å²) >= 11 is 0. The molecule has 0 radical (unpaired) electrons. The topological polar surface area (TPSA) is 12.5 Å². The zero-order valence-electron chi connectivity index (χ0n) is 7.41. The van der Waals surface area contributed by atoms with E-state index in [1.165, 1.54) is 25.7 Å². The molecule has 1 nitrogen and oxygen atoms in total. The highest BCUT2D eigenvalue weighted by Gasteiger charge is 2.36. The van der Waals surface area contributed by atoms with E-state index in [0.29, 0.717) is 6.10 Å². The summed E-state index contributed by atoms with van der Waals surface area (Å²) < 4.78 is 5.23. The molecule has 3 rings (SSSR count). The maximum atomic E-state index is 5.23. The van der Waals surface area contributed by atoms with Gasteiger partial charge in [-0.2, -0.15) is 0 Å². The quantitative estimate of drug-likeness (QED) is 0.461. The Kier molecular flexibility index (Phi) is 1.54. The van der Waals surface area contributed by atoms with E-state index >= 15 is 0 Å². The minimum absolute atomic E-state index is 0.646. The first kappa shape index (κ1) is 7.14. The van der Waals surface area contributed by atoms with Crippen molar-refractivity contribution in [1.82, 2.24) is 0 Å². The van der Waals surface area contributed by atoms with Gasteiger partial charge in [0.25, 0.3) is 0 Å². The molecule has 2 aliphatic carbocycles. The molecular formula is C11H16O. The molecular weight excluding hydrogens is 148 g/mol. The zero-order chi connectivity index (χ0) is 7.97. The summed E-state index contributed by atoms with van der Waals surface area (Å²) in [5, 5.41) is 0. The lowest BCUT2D eigenvalue weighted by atomic mass is 9.89. The highest BCUT2D eigenvalue weighted by molar-refractivity contribution is 5.10. The van der Waals surface area contributed by atoms with Crippen molar-refractivity contribution < 1.29 is 4.74 Å². The lowest BCUT2D eigenvalue weighted by molar-refractivity contribution is 0.345. The van der Waals surface area contributed by atoms with E-state index in [-0.39, 0.29) is 0 Å². The number of rotatable bonds is 3. The molecule has 0 spiro atoms. The van der Waals surface area contributed by atoms with Crippen LogP contribution in [0.25, 0.3) is 0 Å². The maximum absolute atomic E-state index is 5.23. The predicted octanol–water partition coefficient (Wildman–Crippen LogP) is 2.38. The summed E-state index contributed by atoms with van der Waals surface area (Å²) in [6, 6.07) is 0. The van der Waals surface area contributed by atoms with Crippen molar-refractivity contribution in [2.75, 3.05) is 6.61 Å². The van der Waals surface area contributed by atoms with Crippen molar-refractivity contribution in [1.29, 1.82) is 0 Å². The van der Waals surface area contributed by atoms with Crippen molar-refractivity contribution in [3.05, 3.63) is 12.2 Å². The van der Waals surface area contributed by atoms with Crippen LogP contribution in [0.15, 0.2) is 12.2 Å². The fourth-order valence-electron chi connectivity index (χ4n) is 2.86. The van der Waals surface area contributed by atoms with Gasteiger partial charge < -0.3 is 4.74 Å². The highest BCUT2D eigenvalue weighted by Crippen LogP contribution is 2.45. The van der Waals surface area contributed by atoms with Crippen molar-refractivity contribution in [3.8, 4) is 0 Å². The van der Waals surface area contributed by atoms with Gasteiger partial charge in [0.1, 0.15) is 0 Å². The first-order valence-electron chi connectivity index (χ1n) is 5.22. The molecule has 4 atom stereocenters. The van der Waals surface area contributed by atoms with Gasteiger partial charge in [-0.1, -0.05) is 12.2 Å². The Morgan fingerprint density at radius 1 is 1.17 bits per heavy atom. The maximum Gasteiger partial charge on any atom is 0.0810 e. The minimum Gasteiger partial charge on any atom is -0.373 e. The molecule has 12 heavy (non-hydrogen) atoms. The molecule has 3 aliphatic rings. The van der Waals surface area contributed by atoms with Crippen molar-refractivity contribution >= 4 is 0 Å². The average molecular weight is 164 g/mol. The summed E-state index contributed by atoms with van der Waals surface area (Å²) in [5.41, 5.74) is 0. The third-order valence-electron chi connectivity index (χ3n) is 3.68. The SMILES string of the molecule is C1=C[C@@H]2C[C@H]1CC2CCC1CO1. The first-order chi connectivity index (χ1) is 5.92. The van der Waals surface area contributed by atoms with Crippen molar-refractivity contribution in [2.24, 2.45) is 17.8 Å². The molecule has 0 aromatic heterocycles. The molecule has 1 heteroatoms. The van der Waals surface area contributed by atoms with Gasteiger partial charge in [-0.05, 0) is 43.4 Å². The smallest absolute Gasteiger partial charge is 0.0810 e. The average Bonchev–Trinajstić information content (AvgIpc) is 2.69. The van der Waals surface area contributed by atoms with E-state index in [1.54, 1.807) is 0 Å². The van der Waals surface area contributed by atoms with Crippen LogP contribution in [0, 0.1) is 17.8 Å². The molecule has 0 aromatic rings. The Morgan fingerprint density at radius 2 is 2.08 bits per heavy atom. The number of ether oxygens (including phenoxy) is 1.